The Kier molecular flexibility index (Phi) is 4.40. The Bertz CT molecular complexity index is 1120. The highest BCUT2D eigenvalue weighted by Crippen LogP contribution is 2.38. The first-order valence-corrected chi connectivity index (χ1v) is 9.73. The number of fused-ring (bicyclic) bond motifs is 2. The lowest BCUT2D eigenvalue weighted by Gasteiger charge is -2.36. The summed E-state index contributed by atoms with van der Waals surface area (Å²) in [6.45, 7) is 6.10. The summed E-state index contributed by atoms with van der Waals surface area (Å²) in [5, 5.41) is 6.43. The van der Waals surface area contributed by atoms with Gasteiger partial charge in [-0.1, -0.05) is 23.8 Å². The van der Waals surface area contributed by atoms with Crippen LogP contribution in [0.15, 0.2) is 52.3 Å². The van der Waals surface area contributed by atoms with Crippen molar-refractivity contribution in [1.29, 1.82) is 0 Å². The van der Waals surface area contributed by atoms with Crippen molar-refractivity contribution in [1.82, 2.24) is 25.0 Å². The van der Waals surface area contributed by atoms with Crippen LogP contribution in [-0.4, -0.2) is 57.0 Å². The number of piperazine rings is 1. The van der Waals surface area contributed by atoms with Gasteiger partial charge in [0.1, 0.15) is 23.1 Å². The van der Waals surface area contributed by atoms with Crippen molar-refractivity contribution in [3.8, 4) is 11.5 Å². The minimum Gasteiger partial charge on any atom is -0.454 e. The lowest BCUT2D eigenvalue weighted by Crippen LogP contribution is -2.48. The quantitative estimate of drug-likeness (QED) is 0.701. The van der Waals surface area contributed by atoms with Crippen molar-refractivity contribution < 1.29 is 4.74 Å². The Morgan fingerprint density at radius 2 is 1.90 bits per heavy atom. The lowest BCUT2D eigenvalue weighted by atomic mass is 10.1. The van der Waals surface area contributed by atoms with Crippen LogP contribution >= 0.6 is 0 Å². The van der Waals surface area contributed by atoms with Gasteiger partial charge >= 0.3 is 5.69 Å². The summed E-state index contributed by atoms with van der Waals surface area (Å²) >= 11 is 0. The third-order valence-electron chi connectivity index (χ3n) is 5.28. The number of amidine groups is 1. The average Bonchev–Trinajstić information content (AvgIpc) is 3.06. The fourth-order valence-corrected chi connectivity index (χ4v) is 3.79. The van der Waals surface area contributed by atoms with Gasteiger partial charge in [0.2, 0.25) is 0 Å². The number of aryl methyl sites for hydroxylation is 1. The van der Waals surface area contributed by atoms with Gasteiger partial charge in [-0.15, -0.1) is 0 Å². The van der Waals surface area contributed by atoms with Crippen molar-refractivity contribution >= 4 is 11.5 Å². The van der Waals surface area contributed by atoms with Gasteiger partial charge < -0.3 is 9.64 Å². The first-order chi connectivity index (χ1) is 14.2. The van der Waals surface area contributed by atoms with Gasteiger partial charge in [-0.3, -0.25) is 9.88 Å². The highest BCUT2D eigenvalue weighted by atomic mass is 16.5. The molecule has 0 unspecified atom stereocenters. The van der Waals surface area contributed by atoms with Gasteiger partial charge in [-0.05, 0) is 31.2 Å². The molecule has 0 radical (unpaired) electrons. The molecule has 2 aliphatic heterocycles. The van der Waals surface area contributed by atoms with Gasteiger partial charge in [-0.2, -0.15) is 5.10 Å². The molecule has 1 saturated heterocycles. The van der Waals surface area contributed by atoms with Crippen molar-refractivity contribution in [3.05, 3.63) is 69.9 Å². The maximum absolute atomic E-state index is 11.2. The van der Waals surface area contributed by atoms with E-state index in [0.29, 0.717) is 12.4 Å². The monoisotopic (exact) mass is 390 g/mol. The lowest BCUT2D eigenvalue weighted by molar-refractivity contribution is 0.172. The second kappa shape index (κ2) is 7.21. The maximum Gasteiger partial charge on any atom is 0.340 e. The van der Waals surface area contributed by atoms with E-state index in [4.69, 9.17) is 9.73 Å². The number of ether oxygens (including phenoxy) is 1. The second-order valence-electron chi connectivity index (χ2n) is 7.39. The van der Waals surface area contributed by atoms with Crippen LogP contribution < -0.4 is 10.4 Å². The Hall–Kier alpha value is -3.39. The van der Waals surface area contributed by atoms with Crippen LogP contribution in [0.25, 0.3) is 0 Å². The van der Waals surface area contributed by atoms with Gasteiger partial charge in [0, 0.05) is 26.2 Å². The third kappa shape index (κ3) is 3.54. The number of aromatic nitrogens is 3. The number of hydrogen-bond donors (Lipinski definition) is 2. The smallest absolute Gasteiger partial charge is 0.340 e. The van der Waals surface area contributed by atoms with Crippen LogP contribution in [0.4, 0.5) is 5.69 Å². The zero-order valence-electron chi connectivity index (χ0n) is 16.2. The van der Waals surface area contributed by atoms with E-state index in [1.807, 2.05) is 30.3 Å². The first kappa shape index (κ1) is 17.7. The molecular formula is C21H22N6O2. The number of rotatable bonds is 2. The van der Waals surface area contributed by atoms with E-state index in [9.17, 15) is 4.79 Å². The summed E-state index contributed by atoms with van der Waals surface area (Å²) in [4.78, 5) is 23.5. The van der Waals surface area contributed by atoms with Crippen LogP contribution in [0.2, 0.25) is 0 Å². The molecule has 0 saturated carbocycles. The summed E-state index contributed by atoms with van der Waals surface area (Å²) in [6.07, 6.45) is 0. The molecule has 3 aromatic rings. The molecule has 0 aliphatic carbocycles. The van der Waals surface area contributed by atoms with E-state index < -0.39 is 0 Å². The van der Waals surface area contributed by atoms with E-state index >= 15 is 0 Å². The molecule has 0 amide bonds. The Morgan fingerprint density at radius 3 is 2.69 bits per heavy atom. The van der Waals surface area contributed by atoms with Crippen LogP contribution in [0.3, 0.4) is 0 Å². The minimum absolute atomic E-state index is 0.267. The van der Waals surface area contributed by atoms with Crippen LogP contribution in [0, 0.1) is 6.92 Å². The zero-order valence-corrected chi connectivity index (χ0v) is 16.2. The van der Waals surface area contributed by atoms with Crippen molar-refractivity contribution in [2.75, 3.05) is 26.2 Å². The molecule has 1 fully saturated rings. The predicted molar refractivity (Wildman–Crippen MR) is 110 cm³/mol. The summed E-state index contributed by atoms with van der Waals surface area (Å²) in [5.74, 6) is 3.21. The number of nitrogens with one attached hydrogen (secondary N) is 2. The highest BCUT2D eigenvalue weighted by molar-refractivity contribution is 6.04. The Balaban J connectivity index is 1.42. The van der Waals surface area contributed by atoms with Gasteiger partial charge in [0.05, 0.1) is 12.1 Å². The molecule has 0 bridgehead atoms. The van der Waals surface area contributed by atoms with Crippen molar-refractivity contribution in [2.45, 2.75) is 13.5 Å². The minimum atomic E-state index is -0.267. The number of H-pyrrole nitrogens is 2. The standard InChI is InChI=1S/C21H22N6O2/c1-14-6-7-17-15(12-14)20(22-16-4-2-3-5-18(16)29-17)27-10-8-26(9-11-27)13-19-23-21(28)25-24-19/h2-7,12H,8-11,13H2,1H3,(H2,23,24,25,28). The van der Waals surface area contributed by atoms with Gasteiger partial charge in [0.25, 0.3) is 0 Å². The average molecular weight is 390 g/mol. The number of aromatic amines is 2. The number of nitrogens with zero attached hydrogens (tertiary/aromatic N) is 4. The summed E-state index contributed by atoms with van der Waals surface area (Å²) in [7, 11) is 0. The molecule has 148 valence electrons. The number of benzene rings is 2. The molecule has 0 spiro atoms. The van der Waals surface area contributed by atoms with E-state index in [1.165, 1.54) is 5.56 Å². The molecular weight excluding hydrogens is 368 g/mol. The molecule has 3 heterocycles. The van der Waals surface area contributed by atoms with E-state index in [-0.39, 0.29) is 5.69 Å². The Morgan fingerprint density at radius 1 is 1.07 bits per heavy atom. The highest BCUT2D eigenvalue weighted by Gasteiger charge is 2.26. The van der Waals surface area contributed by atoms with Crippen LogP contribution in [0.5, 0.6) is 11.5 Å². The SMILES string of the molecule is Cc1ccc2c(c1)C(N1CCN(Cc3n[nH]c(=O)[nH]3)CC1)=Nc1ccccc1O2. The third-order valence-corrected chi connectivity index (χ3v) is 5.28. The molecule has 2 aromatic carbocycles. The summed E-state index contributed by atoms with van der Waals surface area (Å²) in [6, 6.07) is 14.1. The van der Waals surface area contributed by atoms with Crippen LogP contribution in [0.1, 0.15) is 17.0 Å². The summed E-state index contributed by atoms with van der Waals surface area (Å²) in [5.41, 5.74) is 2.77. The predicted octanol–water partition coefficient (Wildman–Crippen LogP) is 2.41. The van der Waals surface area contributed by atoms with Gasteiger partial charge in [0.15, 0.2) is 5.75 Å². The molecule has 5 rings (SSSR count). The fourth-order valence-electron chi connectivity index (χ4n) is 3.79. The maximum atomic E-state index is 11.2. The molecule has 1 aromatic heterocycles. The molecule has 2 aliphatic rings. The largest absolute Gasteiger partial charge is 0.454 e. The number of aliphatic imine (C=N–C) groups is 1. The number of para-hydroxylation sites is 2. The first-order valence-electron chi connectivity index (χ1n) is 9.73. The topological polar surface area (TPSA) is 89.6 Å². The van der Waals surface area contributed by atoms with E-state index in [2.05, 4.69) is 44.0 Å². The number of hydrogen-bond acceptors (Lipinski definition) is 6. The normalized spacial score (nSPS) is 16.4. The van der Waals surface area contributed by atoms with E-state index in [0.717, 1.165) is 54.8 Å². The van der Waals surface area contributed by atoms with Crippen LogP contribution in [-0.2, 0) is 6.54 Å². The molecule has 8 nitrogen and oxygen atoms in total. The second-order valence-corrected chi connectivity index (χ2v) is 7.39. The fraction of sp³-hybridized carbons (Fsp3) is 0.286. The van der Waals surface area contributed by atoms with Crippen molar-refractivity contribution in [3.63, 3.8) is 0 Å². The molecule has 2 N–H and O–H groups in total. The molecule has 0 atom stereocenters. The van der Waals surface area contributed by atoms with Gasteiger partial charge in [-0.25, -0.2) is 14.9 Å². The summed E-state index contributed by atoms with van der Waals surface area (Å²) < 4.78 is 6.18. The zero-order chi connectivity index (χ0) is 19.8. The van der Waals surface area contributed by atoms with Crippen molar-refractivity contribution in [2.24, 2.45) is 4.99 Å². The Labute approximate surface area is 167 Å². The molecule has 29 heavy (non-hydrogen) atoms. The molecule has 8 heteroatoms. The van der Waals surface area contributed by atoms with E-state index in [1.54, 1.807) is 0 Å².